The maximum absolute atomic E-state index is 10.6. The molecule has 0 unspecified atom stereocenters. The predicted molar refractivity (Wildman–Crippen MR) is 41.8 cm³/mol. The standard InChI is InChI=1S/C5H11NO.C2HF3O2/c1-4-2-5(7)3-6-4;3-2(4,5)1(6)7/h4-7H,2-3H2,1H3;(H,6,7)/t4-,5-;/m1./s1. The van der Waals surface area contributed by atoms with E-state index in [1.807, 2.05) is 0 Å². The molecule has 7 heteroatoms. The van der Waals surface area contributed by atoms with Gasteiger partial charge < -0.3 is 15.5 Å². The molecule has 0 amide bonds. The third kappa shape index (κ3) is 5.76. The van der Waals surface area contributed by atoms with Crippen LogP contribution in [0.5, 0.6) is 0 Å². The molecule has 1 saturated heterocycles. The summed E-state index contributed by atoms with van der Waals surface area (Å²) in [5.74, 6) is -2.76. The van der Waals surface area contributed by atoms with E-state index in [1.165, 1.54) is 0 Å². The van der Waals surface area contributed by atoms with Crippen LogP contribution in [0, 0.1) is 0 Å². The van der Waals surface area contributed by atoms with Crippen LogP contribution in [0.25, 0.3) is 0 Å². The highest BCUT2D eigenvalue weighted by Gasteiger charge is 2.38. The SMILES string of the molecule is C[C@@H]1C[C@@H](O)CN1.O=C(O)C(F)(F)F. The lowest BCUT2D eigenvalue weighted by Gasteiger charge is -1.95. The highest BCUT2D eigenvalue weighted by molar-refractivity contribution is 5.73. The van der Waals surface area contributed by atoms with E-state index >= 15 is 0 Å². The normalized spacial score (nSPS) is 26.6. The van der Waals surface area contributed by atoms with Crippen molar-refractivity contribution in [2.75, 3.05) is 6.54 Å². The van der Waals surface area contributed by atoms with Crippen molar-refractivity contribution in [2.45, 2.75) is 31.7 Å². The van der Waals surface area contributed by atoms with Gasteiger partial charge in [0.15, 0.2) is 0 Å². The van der Waals surface area contributed by atoms with Crippen molar-refractivity contribution in [3.8, 4) is 0 Å². The van der Waals surface area contributed by atoms with Gasteiger partial charge in [-0.05, 0) is 13.3 Å². The van der Waals surface area contributed by atoms with Gasteiger partial charge in [-0.3, -0.25) is 0 Å². The topological polar surface area (TPSA) is 69.6 Å². The first kappa shape index (κ1) is 13.2. The van der Waals surface area contributed by atoms with Gasteiger partial charge in [-0.2, -0.15) is 13.2 Å². The largest absolute Gasteiger partial charge is 0.490 e. The van der Waals surface area contributed by atoms with Crippen LogP contribution in [0.4, 0.5) is 13.2 Å². The molecule has 1 heterocycles. The van der Waals surface area contributed by atoms with Crippen LogP contribution >= 0.6 is 0 Å². The van der Waals surface area contributed by atoms with E-state index in [0.717, 1.165) is 13.0 Å². The molecule has 0 spiro atoms. The number of halogens is 3. The van der Waals surface area contributed by atoms with E-state index in [9.17, 15) is 13.2 Å². The van der Waals surface area contributed by atoms with Gasteiger partial charge in [0.2, 0.25) is 0 Å². The molecule has 0 saturated carbocycles. The summed E-state index contributed by atoms with van der Waals surface area (Å²) in [6.07, 6.45) is -4.25. The molecule has 0 aromatic carbocycles. The zero-order valence-corrected chi connectivity index (χ0v) is 7.51. The summed E-state index contributed by atoms with van der Waals surface area (Å²) < 4.78 is 31.7. The Balaban J connectivity index is 0.000000241. The van der Waals surface area contributed by atoms with Crippen LogP contribution in [0.2, 0.25) is 0 Å². The van der Waals surface area contributed by atoms with E-state index in [4.69, 9.17) is 15.0 Å². The third-order valence-corrected chi connectivity index (χ3v) is 1.57. The number of aliphatic carboxylic acids is 1. The number of carbonyl (C=O) groups is 1. The van der Waals surface area contributed by atoms with Crippen LogP contribution in [0.1, 0.15) is 13.3 Å². The Kier molecular flexibility index (Phi) is 4.86. The monoisotopic (exact) mass is 215 g/mol. The molecule has 4 nitrogen and oxygen atoms in total. The zero-order chi connectivity index (χ0) is 11.4. The van der Waals surface area contributed by atoms with Crippen LogP contribution < -0.4 is 5.32 Å². The fraction of sp³-hybridized carbons (Fsp3) is 0.857. The highest BCUT2D eigenvalue weighted by Crippen LogP contribution is 2.13. The Morgan fingerprint density at radius 3 is 2.00 bits per heavy atom. The zero-order valence-electron chi connectivity index (χ0n) is 7.51. The van der Waals surface area contributed by atoms with E-state index in [2.05, 4.69) is 12.2 Å². The van der Waals surface area contributed by atoms with Gasteiger partial charge in [0.25, 0.3) is 0 Å². The van der Waals surface area contributed by atoms with E-state index < -0.39 is 12.1 Å². The molecule has 0 aromatic rings. The first-order valence-corrected chi connectivity index (χ1v) is 3.95. The average Bonchev–Trinajstić information content (AvgIpc) is 2.33. The molecule has 3 N–H and O–H groups in total. The number of carboxylic acids is 1. The minimum Gasteiger partial charge on any atom is -0.475 e. The summed E-state index contributed by atoms with van der Waals surface area (Å²) in [7, 11) is 0. The Labute approximate surface area is 78.7 Å². The van der Waals surface area contributed by atoms with Gasteiger partial charge in [-0.25, -0.2) is 4.79 Å². The molecule has 0 aromatic heterocycles. The second kappa shape index (κ2) is 5.16. The van der Waals surface area contributed by atoms with Gasteiger partial charge >= 0.3 is 12.1 Å². The van der Waals surface area contributed by atoms with Gasteiger partial charge in [0.05, 0.1) is 6.10 Å². The second-order valence-electron chi connectivity index (χ2n) is 3.00. The summed E-state index contributed by atoms with van der Waals surface area (Å²) in [4.78, 5) is 8.90. The number of hydrogen-bond acceptors (Lipinski definition) is 3. The van der Waals surface area contributed by atoms with Crippen molar-refractivity contribution in [1.29, 1.82) is 0 Å². The molecule has 1 aliphatic heterocycles. The molecule has 1 fully saturated rings. The fourth-order valence-electron chi connectivity index (χ4n) is 0.912. The lowest BCUT2D eigenvalue weighted by Crippen LogP contribution is -2.21. The smallest absolute Gasteiger partial charge is 0.475 e. The summed E-state index contributed by atoms with van der Waals surface area (Å²) in [5.41, 5.74) is 0. The van der Waals surface area contributed by atoms with Gasteiger partial charge in [-0.15, -0.1) is 0 Å². The van der Waals surface area contributed by atoms with Crippen molar-refractivity contribution in [2.24, 2.45) is 0 Å². The van der Waals surface area contributed by atoms with Gasteiger partial charge in [0, 0.05) is 12.6 Å². The van der Waals surface area contributed by atoms with E-state index in [0.29, 0.717) is 6.04 Å². The number of carboxylic acid groups (broad SMARTS) is 1. The van der Waals surface area contributed by atoms with Gasteiger partial charge in [-0.1, -0.05) is 0 Å². The van der Waals surface area contributed by atoms with Crippen molar-refractivity contribution in [3.63, 3.8) is 0 Å². The fourth-order valence-corrected chi connectivity index (χ4v) is 0.912. The van der Waals surface area contributed by atoms with Crippen LogP contribution in [0.3, 0.4) is 0 Å². The molecule has 0 aliphatic carbocycles. The summed E-state index contributed by atoms with van der Waals surface area (Å²) in [6.45, 7) is 2.86. The number of rotatable bonds is 0. The summed E-state index contributed by atoms with van der Waals surface area (Å²) >= 11 is 0. The highest BCUT2D eigenvalue weighted by atomic mass is 19.4. The van der Waals surface area contributed by atoms with Crippen LogP contribution in [-0.4, -0.2) is 41.0 Å². The molecule has 1 rings (SSSR count). The third-order valence-electron chi connectivity index (χ3n) is 1.57. The number of β-amino-alcohol motifs (C(OH)–C–C–N with tert-alkyl or cyclic N) is 1. The molecule has 2 atom stereocenters. The molecular formula is C7H12F3NO3. The minimum atomic E-state index is -5.08. The predicted octanol–water partition coefficient (Wildman–Crippen LogP) is 0.362. The van der Waals surface area contributed by atoms with Crippen molar-refractivity contribution in [3.05, 3.63) is 0 Å². The first-order chi connectivity index (χ1) is 6.23. The Morgan fingerprint density at radius 1 is 1.50 bits per heavy atom. The second-order valence-corrected chi connectivity index (χ2v) is 3.00. The lowest BCUT2D eigenvalue weighted by atomic mass is 10.2. The molecule has 84 valence electrons. The van der Waals surface area contributed by atoms with Crippen LogP contribution in [-0.2, 0) is 4.79 Å². The number of hydrogen-bond donors (Lipinski definition) is 3. The number of alkyl halides is 3. The number of aliphatic hydroxyl groups excluding tert-OH is 1. The molecular weight excluding hydrogens is 203 g/mol. The molecule has 14 heavy (non-hydrogen) atoms. The number of aliphatic hydroxyl groups is 1. The summed E-state index contributed by atoms with van der Waals surface area (Å²) in [5, 5.41) is 19.1. The lowest BCUT2D eigenvalue weighted by molar-refractivity contribution is -0.192. The van der Waals surface area contributed by atoms with E-state index in [1.54, 1.807) is 0 Å². The van der Waals surface area contributed by atoms with Gasteiger partial charge in [0.1, 0.15) is 0 Å². The Hall–Kier alpha value is -0.820. The molecule has 0 radical (unpaired) electrons. The molecule has 0 bridgehead atoms. The molecule has 1 aliphatic rings. The van der Waals surface area contributed by atoms with Crippen LogP contribution in [0.15, 0.2) is 0 Å². The first-order valence-electron chi connectivity index (χ1n) is 3.95. The van der Waals surface area contributed by atoms with Crippen molar-refractivity contribution in [1.82, 2.24) is 5.32 Å². The average molecular weight is 215 g/mol. The number of nitrogens with one attached hydrogen (secondary N) is 1. The quantitative estimate of drug-likeness (QED) is 0.545. The van der Waals surface area contributed by atoms with E-state index in [-0.39, 0.29) is 6.10 Å². The maximum Gasteiger partial charge on any atom is 0.490 e. The van der Waals surface area contributed by atoms with Crippen molar-refractivity contribution < 1.29 is 28.2 Å². The Morgan fingerprint density at radius 2 is 1.93 bits per heavy atom. The minimum absolute atomic E-state index is 0.0880. The Bertz CT molecular complexity index is 187. The van der Waals surface area contributed by atoms with Crippen molar-refractivity contribution >= 4 is 5.97 Å². The summed E-state index contributed by atoms with van der Waals surface area (Å²) in [6, 6.07) is 0.523. The maximum atomic E-state index is 10.6.